The molecule has 0 bridgehead atoms. The van der Waals surface area contributed by atoms with Crippen molar-refractivity contribution < 1.29 is 19.6 Å². The molecule has 0 saturated heterocycles. The number of carbonyl (C=O) groups is 2. The van der Waals surface area contributed by atoms with Crippen molar-refractivity contribution in [1.82, 2.24) is 4.98 Å². The molecule has 0 amide bonds. The Morgan fingerprint density at radius 2 is 1.82 bits per heavy atom. The van der Waals surface area contributed by atoms with Gasteiger partial charge >= 0.3 is 5.97 Å². The third kappa shape index (κ3) is 3.68. The number of H-pyrrole nitrogens is 1. The molecule has 0 saturated carbocycles. The number of hydrogen-bond donors (Lipinski definition) is 2. The molecule has 1 heterocycles. The Hall–Kier alpha value is -3.74. The molecule has 1 aromatic heterocycles. The molecule has 7 heteroatoms. The Morgan fingerprint density at radius 1 is 1.18 bits per heavy atom. The number of aromatic amines is 1. The lowest BCUT2D eigenvalue weighted by molar-refractivity contribution is -0.384. The predicted molar refractivity (Wildman–Crippen MR) is 104 cm³/mol. The number of benzene rings is 2. The maximum Gasteiger partial charge on any atom is 0.338 e. The number of nitro groups is 1. The van der Waals surface area contributed by atoms with Gasteiger partial charge in [0.1, 0.15) is 0 Å². The number of aromatic carboxylic acids is 1. The summed E-state index contributed by atoms with van der Waals surface area (Å²) in [5, 5.41) is 20.6. The molecule has 0 aliphatic heterocycles. The van der Waals surface area contributed by atoms with E-state index in [0.29, 0.717) is 29.5 Å². The van der Waals surface area contributed by atoms with Gasteiger partial charge in [0.25, 0.3) is 5.69 Å². The Balaban J connectivity index is 2.12. The van der Waals surface area contributed by atoms with Crippen LogP contribution in [0.4, 0.5) is 5.69 Å². The average molecular weight is 378 g/mol. The van der Waals surface area contributed by atoms with E-state index in [4.69, 9.17) is 0 Å². The molecular weight excluding hydrogens is 360 g/mol. The highest BCUT2D eigenvalue weighted by Crippen LogP contribution is 2.36. The van der Waals surface area contributed by atoms with Crippen LogP contribution in [0.5, 0.6) is 0 Å². The molecule has 0 aliphatic rings. The minimum absolute atomic E-state index is 0.0178. The zero-order valence-electron chi connectivity index (χ0n) is 15.1. The summed E-state index contributed by atoms with van der Waals surface area (Å²) in [5.41, 5.74) is 2.46. The summed E-state index contributed by atoms with van der Waals surface area (Å²) >= 11 is 0. The van der Waals surface area contributed by atoms with E-state index in [1.54, 1.807) is 12.1 Å². The maximum absolute atomic E-state index is 11.9. The van der Waals surface area contributed by atoms with Gasteiger partial charge in [0.05, 0.1) is 21.9 Å². The Labute approximate surface area is 160 Å². The van der Waals surface area contributed by atoms with Gasteiger partial charge in [0, 0.05) is 12.1 Å². The molecule has 3 rings (SSSR count). The van der Waals surface area contributed by atoms with Crippen LogP contribution in [-0.4, -0.2) is 27.3 Å². The van der Waals surface area contributed by atoms with E-state index < -0.39 is 10.9 Å². The van der Waals surface area contributed by atoms with Crippen molar-refractivity contribution in [3.05, 3.63) is 87.1 Å². The molecule has 0 fully saturated rings. The van der Waals surface area contributed by atoms with E-state index in [1.165, 1.54) is 12.1 Å². The number of carboxylic acids is 1. The summed E-state index contributed by atoms with van der Waals surface area (Å²) in [6.45, 7) is 1.89. The van der Waals surface area contributed by atoms with Crippen molar-refractivity contribution in [2.45, 2.75) is 19.3 Å². The van der Waals surface area contributed by atoms with Gasteiger partial charge in [-0.15, -0.1) is 0 Å². The van der Waals surface area contributed by atoms with Gasteiger partial charge in [-0.25, -0.2) is 4.79 Å². The molecule has 0 aliphatic carbocycles. The Morgan fingerprint density at radius 3 is 2.36 bits per heavy atom. The smallest absolute Gasteiger partial charge is 0.338 e. The van der Waals surface area contributed by atoms with Gasteiger partial charge in [-0.05, 0) is 41.2 Å². The molecule has 142 valence electrons. The lowest BCUT2D eigenvalue weighted by Gasteiger charge is -2.15. The number of carbonyl (C=O) groups excluding carboxylic acids is 1. The highest BCUT2D eigenvalue weighted by molar-refractivity contribution is 6.00. The first-order chi connectivity index (χ1) is 13.4. The number of non-ortho nitro benzene ring substituents is 1. The predicted octanol–water partition coefficient (Wildman–Crippen LogP) is 4.45. The lowest BCUT2D eigenvalue weighted by Crippen LogP contribution is -2.08. The SMILES string of the molecule is CC(Cc1ccccc1)c1c(-c2ccc([N+](=O)[O-])cc2)[nH]c(C=O)c1C(=O)O. The lowest BCUT2D eigenvalue weighted by atomic mass is 9.88. The third-order valence-electron chi connectivity index (χ3n) is 4.64. The molecule has 0 radical (unpaired) electrons. The van der Waals surface area contributed by atoms with Gasteiger partial charge in [-0.3, -0.25) is 14.9 Å². The van der Waals surface area contributed by atoms with Crippen molar-refractivity contribution >= 4 is 17.9 Å². The van der Waals surface area contributed by atoms with Crippen LogP contribution in [-0.2, 0) is 6.42 Å². The number of aldehydes is 1. The standard InChI is InChI=1S/C21H18N2O5/c1-13(11-14-5-3-2-4-6-14)18-19(21(25)26)17(12-24)22-20(18)15-7-9-16(10-8-15)23(27)28/h2-10,12-13,22H,11H2,1H3,(H,25,26). The zero-order chi connectivity index (χ0) is 20.3. The van der Waals surface area contributed by atoms with Crippen LogP contribution in [0.25, 0.3) is 11.3 Å². The molecule has 2 aromatic carbocycles. The fourth-order valence-electron chi connectivity index (χ4n) is 3.39. The van der Waals surface area contributed by atoms with Crippen molar-refractivity contribution in [2.75, 3.05) is 0 Å². The second-order valence-corrected chi connectivity index (χ2v) is 6.52. The Bertz CT molecular complexity index is 1020. The summed E-state index contributed by atoms with van der Waals surface area (Å²) in [5.74, 6) is -1.40. The summed E-state index contributed by atoms with van der Waals surface area (Å²) in [4.78, 5) is 36.6. The minimum Gasteiger partial charge on any atom is -0.478 e. The monoisotopic (exact) mass is 378 g/mol. The van der Waals surface area contributed by atoms with Crippen LogP contribution in [0.2, 0.25) is 0 Å². The largest absolute Gasteiger partial charge is 0.478 e. The van der Waals surface area contributed by atoms with Crippen molar-refractivity contribution in [2.24, 2.45) is 0 Å². The number of nitrogens with zero attached hydrogens (tertiary/aromatic N) is 1. The van der Waals surface area contributed by atoms with E-state index >= 15 is 0 Å². The first kappa shape index (κ1) is 19.0. The van der Waals surface area contributed by atoms with E-state index in [2.05, 4.69) is 4.98 Å². The highest BCUT2D eigenvalue weighted by atomic mass is 16.6. The quantitative estimate of drug-likeness (QED) is 0.358. The highest BCUT2D eigenvalue weighted by Gasteiger charge is 2.27. The van der Waals surface area contributed by atoms with Crippen molar-refractivity contribution in [3.63, 3.8) is 0 Å². The summed E-state index contributed by atoms with van der Waals surface area (Å²) in [6, 6.07) is 15.4. The van der Waals surface area contributed by atoms with E-state index in [1.807, 2.05) is 37.3 Å². The van der Waals surface area contributed by atoms with Gasteiger partial charge in [0.15, 0.2) is 6.29 Å². The number of nitro benzene ring substituents is 1. The number of hydrogen-bond acceptors (Lipinski definition) is 4. The van der Waals surface area contributed by atoms with E-state index in [-0.39, 0.29) is 22.9 Å². The molecule has 1 unspecified atom stereocenters. The van der Waals surface area contributed by atoms with Crippen LogP contribution in [0.15, 0.2) is 54.6 Å². The second kappa shape index (κ2) is 7.87. The second-order valence-electron chi connectivity index (χ2n) is 6.52. The van der Waals surface area contributed by atoms with Crippen molar-refractivity contribution in [1.29, 1.82) is 0 Å². The van der Waals surface area contributed by atoms with Crippen LogP contribution in [0, 0.1) is 10.1 Å². The fourth-order valence-corrected chi connectivity index (χ4v) is 3.39. The summed E-state index contributed by atoms with van der Waals surface area (Å²) in [6.07, 6.45) is 1.06. The first-order valence-electron chi connectivity index (χ1n) is 8.65. The topological polar surface area (TPSA) is 113 Å². The molecule has 7 nitrogen and oxygen atoms in total. The van der Waals surface area contributed by atoms with Crippen LogP contribution >= 0.6 is 0 Å². The third-order valence-corrected chi connectivity index (χ3v) is 4.64. The maximum atomic E-state index is 11.9. The van der Waals surface area contributed by atoms with Gasteiger partial charge in [0.2, 0.25) is 0 Å². The van der Waals surface area contributed by atoms with E-state index in [0.717, 1.165) is 5.56 Å². The van der Waals surface area contributed by atoms with Crippen LogP contribution < -0.4 is 0 Å². The van der Waals surface area contributed by atoms with Crippen molar-refractivity contribution in [3.8, 4) is 11.3 Å². The fraction of sp³-hybridized carbons (Fsp3) is 0.143. The minimum atomic E-state index is -1.19. The number of nitrogens with one attached hydrogen (secondary N) is 1. The zero-order valence-corrected chi connectivity index (χ0v) is 15.1. The average Bonchev–Trinajstić information content (AvgIpc) is 3.09. The normalized spacial score (nSPS) is 11.8. The molecule has 28 heavy (non-hydrogen) atoms. The molecule has 1 atom stereocenters. The molecule has 0 spiro atoms. The van der Waals surface area contributed by atoms with Gasteiger partial charge < -0.3 is 10.1 Å². The number of aromatic nitrogens is 1. The first-order valence-corrected chi connectivity index (χ1v) is 8.65. The molecule has 3 aromatic rings. The van der Waals surface area contributed by atoms with E-state index in [9.17, 15) is 24.8 Å². The van der Waals surface area contributed by atoms with Crippen LogP contribution in [0.3, 0.4) is 0 Å². The Kier molecular flexibility index (Phi) is 5.35. The number of rotatable bonds is 7. The number of carboxylic acid groups (broad SMARTS) is 1. The van der Waals surface area contributed by atoms with Gasteiger partial charge in [-0.2, -0.15) is 0 Å². The molecule has 2 N–H and O–H groups in total. The molecular formula is C21H18N2O5. The summed E-state index contributed by atoms with van der Waals surface area (Å²) in [7, 11) is 0. The van der Waals surface area contributed by atoms with Crippen LogP contribution in [0.1, 0.15) is 44.8 Å². The summed E-state index contributed by atoms with van der Waals surface area (Å²) < 4.78 is 0. The van der Waals surface area contributed by atoms with Gasteiger partial charge in [-0.1, -0.05) is 37.3 Å².